The smallest absolute Gasteiger partial charge is 0.0899 e. The Balaban J connectivity index is 2.52. The molecule has 3 nitrogen and oxygen atoms in total. The number of alkyl halides is 1. The highest BCUT2D eigenvalue weighted by Crippen LogP contribution is 2.10. The molecule has 3 N–H and O–H groups in total. The first-order valence-electron chi connectivity index (χ1n) is 7.00. The fourth-order valence-electron chi connectivity index (χ4n) is 1.93. The predicted octanol–water partition coefficient (Wildman–Crippen LogP) is 1.93. The molecule has 0 aliphatic carbocycles. The van der Waals surface area contributed by atoms with Crippen LogP contribution in [0.15, 0.2) is 30.3 Å². The van der Waals surface area contributed by atoms with E-state index in [0.29, 0.717) is 6.42 Å². The van der Waals surface area contributed by atoms with Crippen LogP contribution in [0.4, 0.5) is 4.39 Å². The van der Waals surface area contributed by atoms with Crippen molar-refractivity contribution in [3.63, 3.8) is 0 Å². The summed E-state index contributed by atoms with van der Waals surface area (Å²) < 4.78 is 12.0. The van der Waals surface area contributed by atoms with Gasteiger partial charge in [-0.2, -0.15) is 0 Å². The molecule has 4 heteroatoms. The molecule has 1 rings (SSSR count). The minimum atomic E-state index is -0.728. The summed E-state index contributed by atoms with van der Waals surface area (Å²) in [5, 5.41) is 21.7. The van der Waals surface area contributed by atoms with E-state index in [1.807, 2.05) is 30.3 Å². The third kappa shape index (κ3) is 5.82. The van der Waals surface area contributed by atoms with E-state index in [9.17, 15) is 9.50 Å². The lowest BCUT2D eigenvalue weighted by Crippen LogP contribution is -2.39. The highest BCUT2D eigenvalue weighted by Gasteiger charge is 2.12. The Morgan fingerprint density at radius 1 is 1.25 bits per heavy atom. The van der Waals surface area contributed by atoms with Crippen LogP contribution in [0.1, 0.15) is 24.0 Å². The molecule has 0 spiro atoms. The van der Waals surface area contributed by atoms with Gasteiger partial charge in [-0.05, 0) is 37.4 Å². The van der Waals surface area contributed by atoms with Crippen molar-refractivity contribution in [2.75, 3.05) is 20.3 Å². The fourth-order valence-corrected chi connectivity index (χ4v) is 1.93. The quantitative estimate of drug-likeness (QED) is 0.606. The van der Waals surface area contributed by atoms with E-state index in [1.54, 1.807) is 13.1 Å². The normalized spacial score (nSPS) is 14.6. The van der Waals surface area contributed by atoms with Crippen LogP contribution in [0.2, 0.25) is 0 Å². The first-order valence-corrected chi connectivity index (χ1v) is 7.00. The second kappa shape index (κ2) is 9.64. The molecule has 0 unspecified atom stereocenters. The van der Waals surface area contributed by atoms with Crippen molar-refractivity contribution < 1.29 is 14.6 Å². The van der Waals surface area contributed by atoms with Gasteiger partial charge in [0.1, 0.15) is 0 Å². The number of likely N-dealkylation sites (N-methyl/N-ethyl adjacent to an activating group) is 1. The van der Waals surface area contributed by atoms with Gasteiger partial charge in [0.15, 0.2) is 0 Å². The molecule has 1 aromatic rings. The molecule has 0 amide bonds. The highest BCUT2D eigenvalue weighted by molar-refractivity contribution is 5.50. The van der Waals surface area contributed by atoms with Crippen LogP contribution < -0.4 is 5.32 Å². The van der Waals surface area contributed by atoms with E-state index in [1.165, 1.54) is 5.56 Å². The van der Waals surface area contributed by atoms with E-state index < -0.39 is 6.10 Å². The number of unbranched alkanes of at least 4 members (excludes halogenated alkanes) is 1. The van der Waals surface area contributed by atoms with Crippen molar-refractivity contribution in [2.24, 2.45) is 0 Å². The molecule has 0 heterocycles. The van der Waals surface area contributed by atoms with Gasteiger partial charge in [0, 0.05) is 0 Å². The van der Waals surface area contributed by atoms with Crippen LogP contribution in [0.3, 0.4) is 0 Å². The topological polar surface area (TPSA) is 52.5 Å². The van der Waals surface area contributed by atoms with Gasteiger partial charge in [0.25, 0.3) is 0 Å². The summed E-state index contributed by atoms with van der Waals surface area (Å²) in [6.07, 6.45) is 5.13. The van der Waals surface area contributed by atoms with Gasteiger partial charge in [-0.3, -0.25) is 4.39 Å². The summed E-state index contributed by atoms with van der Waals surface area (Å²) in [4.78, 5) is 0. The lowest BCUT2D eigenvalue weighted by atomic mass is 10.1. The zero-order valence-electron chi connectivity index (χ0n) is 11.9. The molecule has 0 saturated carbocycles. The number of hydrogen-bond acceptors (Lipinski definition) is 3. The van der Waals surface area contributed by atoms with Crippen LogP contribution >= 0.6 is 0 Å². The van der Waals surface area contributed by atoms with Crippen LogP contribution in [0, 0.1) is 0 Å². The Morgan fingerprint density at radius 2 is 1.95 bits per heavy atom. The van der Waals surface area contributed by atoms with Gasteiger partial charge in [0.2, 0.25) is 0 Å². The maximum Gasteiger partial charge on any atom is 0.0899 e. The Kier molecular flexibility index (Phi) is 8.11. The third-order valence-electron chi connectivity index (χ3n) is 3.29. The van der Waals surface area contributed by atoms with E-state index in [2.05, 4.69) is 5.32 Å². The summed E-state index contributed by atoms with van der Waals surface area (Å²) >= 11 is 0. The number of hydrogen-bond donors (Lipinski definition) is 3. The van der Waals surface area contributed by atoms with Crippen molar-refractivity contribution in [1.29, 1.82) is 0 Å². The molecule has 0 aliphatic heterocycles. The minimum absolute atomic E-state index is 0.116. The lowest BCUT2D eigenvalue weighted by Gasteiger charge is -2.16. The fraction of sp³-hybridized carbons (Fsp3) is 0.500. The second-order valence-electron chi connectivity index (χ2n) is 4.82. The van der Waals surface area contributed by atoms with Gasteiger partial charge in [-0.25, -0.2) is 0 Å². The average molecular weight is 281 g/mol. The molecule has 0 fully saturated rings. The highest BCUT2D eigenvalue weighted by atomic mass is 19.1. The summed E-state index contributed by atoms with van der Waals surface area (Å²) in [7, 11) is 1.70. The molecule has 20 heavy (non-hydrogen) atoms. The second-order valence-corrected chi connectivity index (χ2v) is 4.82. The molecule has 2 atom stereocenters. The maximum atomic E-state index is 12.0. The van der Waals surface area contributed by atoms with E-state index in [4.69, 9.17) is 5.11 Å². The number of rotatable bonds is 9. The van der Waals surface area contributed by atoms with Gasteiger partial charge in [-0.1, -0.05) is 36.4 Å². The molecule has 0 radical (unpaired) electrons. The maximum absolute atomic E-state index is 12.0. The molecule has 0 aliphatic rings. The number of benzene rings is 1. The van der Waals surface area contributed by atoms with Crippen LogP contribution in [0.25, 0.3) is 6.08 Å². The van der Waals surface area contributed by atoms with E-state index in [-0.39, 0.29) is 19.3 Å². The number of nitrogens with one attached hydrogen (secondary N) is 1. The summed E-state index contributed by atoms with van der Waals surface area (Å²) in [5.41, 5.74) is 2.19. The Labute approximate surface area is 120 Å². The molecule has 0 aromatic heterocycles. The van der Waals surface area contributed by atoms with Gasteiger partial charge in [0.05, 0.1) is 25.4 Å². The summed E-state index contributed by atoms with van der Waals surface area (Å²) in [6.45, 7) is -0.369. The number of aliphatic hydroxyl groups excluding tert-OH is 2. The molecule has 0 bridgehead atoms. The lowest BCUT2D eigenvalue weighted by molar-refractivity contribution is 0.128. The molecular weight excluding hydrogens is 257 g/mol. The van der Waals surface area contributed by atoms with Crippen molar-refractivity contribution in [3.05, 3.63) is 41.5 Å². The van der Waals surface area contributed by atoms with Crippen molar-refractivity contribution in [1.82, 2.24) is 5.32 Å². The number of aliphatic hydroxyl groups is 2. The first-order chi connectivity index (χ1) is 9.71. The molecule has 0 saturated heterocycles. The molecule has 1 aromatic carbocycles. The Bertz CT molecular complexity index is 388. The zero-order valence-corrected chi connectivity index (χ0v) is 11.9. The molecular formula is C16H24FNO2. The van der Waals surface area contributed by atoms with Crippen LogP contribution in [-0.2, 0) is 6.42 Å². The largest absolute Gasteiger partial charge is 0.395 e. The van der Waals surface area contributed by atoms with Gasteiger partial charge in [-0.15, -0.1) is 0 Å². The van der Waals surface area contributed by atoms with Crippen LogP contribution in [0.5, 0.6) is 0 Å². The van der Waals surface area contributed by atoms with Gasteiger partial charge >= 0.3 is 0 Å². The monoisotopic (exact) mass is 281 g/mol. The standard InChI is InChI=1S/C16H24FNO2/c1-18-15(12-19)16(20)10-9-14-7-5-13(6-8-14)4-2-3-11-17/h5-10,15-16,18-20H,2-4,11-12H2,1H3/t15-,16+/m1/s1. The van der Waals surface area contributed by atoms with Gasteiger partial charge < -0.3 is 15.5 Å². The van der Waals surface area contributed by atoms with Crippen molar-refractivity contribution in [3.8, 4) is 0 Å². The SMILES string of the molecule is CN[C@H](CO)[C@@H](O)C=Cc1ccc(CCCCF)cc1. The third-order valence-corrected chi connectivity index (χ3v) is 3.29. The molecule has 112 valence electrons. The van der Waals surface area contributed by atoms with Crippen LogP contribution in [-0.4, -0.2) is 42.7 Å². The average Bonchev–Trinajstić information content (AvgIpc) is 2.48. The Morgan fingerprint density at radius 3 is 2.50 bits per heavy atom. The van der Waals surface area contributed by atoms with Crippen molar-refractivity contribution >= 4 is 6.08 Å². The minimum Gasteiger partial charge on any atom is -0.395 e. The van der Waals surface area contributed by atoms with Crippen molar-refractivity contribution in [2.45, 2.75) is 31.4 Å². The predicted molar refractivity (Wildman–Crippen MR) is 80.3 cm³/mol. The summed E-state index contributed by atoms with van der Waals surface area (Å²) in [5.74, 6) is 0. The van der Waals surface area contributed by atoms with E-state index >= 15 is 0 Å². The number of aryl methyl sites for hydroxylation is 1. The Hall–Kier alpha value is -1.23. The first kappa shape index (κ1) is 16.8. The number of halogens is 1. The zero-order chi connectivity index (χ0) is 14.8. The summed E-state index contributed by atoms with van der Waals surface area (Å²) in [6, 6.07) is 7.63. The van der Waals surface area contributed by atoms with E-state index in [0.717, 1.165) is 18.4 Å².